The lowest BCUT2D eigenvalue weighted by atomic mass is 10.2. The minimum absolute atomic E-state index is 0.989. The molecule has 0 aromatic rings. The van der Waals surface area contributed by atoms with Gasteiger partial charge in [-0.25, -0.2) is 18.0 Å². The monoisotopic (exact) mass is 481 g/mol. The van der Waals surface area contributed by atoms with Gasteiger partial charge in [0.25, 0.3) is 0 Å². The first-order valence-electron chi connectivity index (χ1n) is 7.33. The maximum Gasteiger partial charge on any atom is 0.468 e. The molecule has 0 N–H and O–H groups in total. The zero-order chi connectivity index (χ0) is 24.3. The molecule has 0 saturated heterocycles. The minimum Gasteiger partial charge on any atom is -0.743 e. The molecular weight excluding hydrogens is 468 g/mol. The normalized spacial score (nSPS) is 15.5. The highest BCUT2D eigenvalue weighted by Crippen LogP contribution is 2.42. The number of esters is 2. The van der Waals surface area contributed by atoms with Crippen LogP contribution in [0.15, 0.2) is 12.4 Å². The highest BCUT2D eigenvalue weighted by molar-refractivity contribution is 7.86. The van der Waals surface area contributed by atoms with Crippen LogP contribution in [0.2, 0.25) is 0 Å². The average molecular weight is 481 g/mol. The molecule has 30 heavy (non-hydrogen) atoms. The van der Waals surface area contributed by atoms with Crippen LogP contribution in [0.25, 0.3) is 0 Å². The highest BCUT2D eigenvalue weighted by Gasteiger charge is 2.69. The van der Waals surface area contributed by atoms with Crippen LogP contribution in [0, 0.1) is 0 Å². The smallest absolute Gasteiger partial charge is 0.468 e. The van der Waals surface area contributed by atoms with Gasteiger partial charge in [0.05, 0.1) is 12.7 Å². The van der Waals surface area contributed by atoms with Crippen LogP contribution < -0.4 is 0 Å². The van der Waals surface area contributed by atoms with Crippen LogP contribution in [-0.4, -0.2) is 60.8 Å². The van der Waals surface area contributed by atoms with Crippen molar-refractivity contribution >= 4 is 22.1 Å². The number of hydrogen-bond acceptors (Lipinski definition) is 8. The summed E-state index contributed by atoms with van der Waals surface area (Å²) in [5.74, 6) is -18.0. The lowest BCUT2D eigenvalue weighted by Crippen LogP contribution is -2.59. The van der Waals surface area contributed by atoms with Crippen molar-refractivity contribution in [3.63, 3.8) is 0 Å². The van der Waals surface area contributed by atoms with Crippen LogP contribution in [0.3, 0.4) is 0 Å². The maximum atomic E-state index is 13.4. The Bertz CT molecular complexity index is 776. The van der Waals surface area contributed by atoms with E-state index in [1.807, 2.05) is 0 Å². The molecule has 0 fully saturated rings. The molecule has 17 heteroatoms. The lowest BCUT2D eigenvalue weighted by Gasteiger charge is -2.33. The molecule has 0 bridgehead atoms. The van der Waals surface area contributed by atoms with Gasteiger partial charge in [-0.2, -0.15) is 35.1 Å². The summed E-state index contributed by atoms with van der Waals surface area (Å²) in [6, 6.07) is 0. The lowest BCUT2D eigenvalue weighted by molar-refractivity contribution is -0.358. The third-order valence-corrected chi connectivity index (χ3v) is 3.83. The number of halogens is 8. The van der Waals surface area contributed by atoms with Crippen LogP contribution in [0.5, 0.6) is 0 Å². The van der Waals surface area contributed by atoms with Gasteiger partial charge < -0.3 is 18.8 Å². The quantitative estimate of drug-likeness (QED) is 0.154. The Labute approximate surface area is 163 Å². The molecule has 1 unspecified atom stereocenters. The zero-order valence-electron chi connectivity index (χ0n) is 14.9. The van der Waals surface area contributed by atoms with Crippen molar-refractivity contribution in [2.45, 2.75) is 49.5 Å². The Balaban J connectivity index is 6.03. The van der Waals surface area contributed by atoms with E-state index in [0.29, 0.717) is 0 Å². The molecule has 0 spiro atoms. The molecule has 0 aliphatic carbocycles. The van der Waals surface area contributed by atoms with Crippen molar-refractivity contribution in [2.75, 3.05) is 6.61 Å². The van der Waals surface area contributed by atoms with Gasteiger partial charge in [-0.15, -0.1) is 0 Å². The Kier molecular flexibility index (Phi) is 8.40. The molecule has 0 saturated carbocycles. The second kappa shape index (κ2) is 9.01. The van der Waals surface area contributed by atoms with Gasteiger partial charge >= 0.3 is 35.1 Å². The number of hydrogen-bond donors (Lipinski definition) is 0. The molecule has 0 radical (unpaired) electrons. The van der Waals surface area contributed by atoms with E-state index in [-0.39, 0.29) is 0 Å². The Morgan fingerprint density at radius 2 is 1.53 bits per heavy atom. The fourth-order valence-electron chi connectivity index (χ4n) is 1.51. The molecule has 0 rings (SSSR count). The number of rotatable bonds is 10. The van der Waals surface area contributed by atoms with Crippen LogP contribution >= 0.6 is 0 Å². The second-order valence-electron chi connectivity index (χ2n) is 5.64. The molecule has 176 valence electrons. The van der Waals surface area contributed by atoms with Gasteiger partial charge in [0, 0.05) is 6.42 Å². The molecule has 0 aliphatic rings. The first kappa shape index (κ1) is 28.0. The van der Waals surface area contributed by atoms with Crippen molar-refractivity contribution in [1.29, 1.82) is 0 Å². The van der Waals surface area contributed by atoms with Gasteiger partial charge in [-0.05, 0) is 13.8 Å². The van der Waals surface area contributed by atoms with Gasteiger partial charge in [0.15, 0.2) is 10.1 Å². The Morgan fingerprint density at radius 1 is 1.07 bits per heavy atom. The molecule has 0 amide bonds. The minimum atomic E-state index is -6.97. The van der Waals surface area contributed by atoms with Crippen molar-refractivity contribution in [1.82, 2.24) is 0 Å². The molecule has 0 aromatic carbocycles. The molecule has 1 atom stereocenters. The van der Waals surface area contributed by atoms with E-state index in [2.05, 4.69) is 20.8 Å². The van der Waals surface area contributed by atoms with Crippen LogP contribution in [-0.2, 0) is 33.9 Å². The van der Waals surface area contributed by atoms with Gasteiger partial charge in [0.2, 0.25) is 5.83 Å². The van der Waals surface area contributed by atoms with E-state index in [9.17, 15) is 57.7 Å². The van der Waals surface area contributed by atoms with E-state index < -0.39 is 70.2 Å². The molecule has 0 aliphatic heterocycles. The van der Waals surface area contributed by atoms with E-state index >= 15 is 0 Å². The van der Waals surface area contributed by atoms with Crippen molar-refractivity contribution in [3.8, 4) is 0 Å². The predicted octanol–water partition coefficient (Wildman–Crippen LogP) is 2.40. The average Bonchev–Trinajstić information content (AvgIpc) is 2.50. The topological polar surface area (TPSA) is 119 Å². The fraction of sp³-hybridized carbons (Fsp3) is 0.692. The number of alkyl halides is 7. The molecule has 8 nitrogen and oxygen atoms in total. The third-order valence-electron chi connectivity index (χ3n) is 2.90. The molecular formula is C13H13F8O8S-. The third kappa shape index (κ3) is 6.00. The summed E-state index contributed by atoms with van der Waals surface area (Å²) < 4.78 is 148. The number of carbonyl (C=O) groups is 2. The molecule has 0 aromatic heterocycles. The van der Waals surface area contributed by atoms with Gasteiger partial charge in [-0.1, -0.05) is 6.58 Å². The van der Waals surface area contributed by atoms with Gasteiger partial charge in [-0.3, -0.25) is 0 Å². The number of ether oxygens (including phenoxy) is 3. The largest absolute Gasteiger partial charge is 0.743 e. The SMILES string of the molecule is C=C(F)C(=O)OC(OCCC(F)(F)C(F)(F)S(=O)(=O)[O-])(C(=O)OC(C)C)C(F)(F)F. The first-order chi connectivity index (χ1) is 13.1. The Morgan fingerprint density at radius 3 is 1.87 bits per heavy atom. The summed E-state index contributed by atoms with van der Waals surface area (Å²) in [5.41, 5.74) is 0. The Hall–Kier alpha value is -2.01. The summed E-state index contributed by atoms with van der Waals surface area (Å²) in [5, 5.41) is -6.27. The van der Waals surface area contributed by atoms with Gasteiger partial charge in [0.1, 0.15) is 0 Å². The summed E-state index contributed by atoms with van der Waals surface area (Å²) in [6.07, 6.45) is -10.1. The van der Waals surface area contributed by atoms with Crippen molar-refractivity contribution in [3.05, 3.63) is 12.4 Å². The van der Waals surface area contributed by atoms with E-state index in [4.69, 9.17) is 0 Å². The summed E-state index contributed by atoms with van der Waals surface area (Å²) in [4.78, 5) is 23.0. The highest BCUT2D eigenvalue weighted by atomic mass is 32.2. The predicted molar refractivity (Wildman–Crippen MR) is 76.5 cm³/mol. The van der Waals surface area contributed by atoms with E-state index in [1.54, 1.807) is 0 Å². The summed E-state index contributed by atoms with van der Waals surface area (Å²) >= 11 is 0. The van der Waals surface area contributed by atoms with Crippen LogP contribution in [0.1, 0.15) is 20.3 Å². The summed E-state index contributed by atoms with van der Waals surface area (Å²) in [6.45, 7) is 2.02. The standard InChI is InChI=1S/C13H14F8O8S/c1-6(2)28-9(23)11(12(17,18)19,29-8(22)7(3)14)27-5-4-10(15,16)13(20,21)30(24,25)26/h6H,3-5H2,1-2H3,(H,24,25,26)/p-1. The second-order valence-corrected chi connectivity index (χ2v) is 7.06. The van der Waals surface area contributed by atoms with Crippen molar-refractivity contribution < 1.29 is 71.9 Å². The fourth-order valence-corrected chi connectivity index (χ4v) is 1.98. The zero-order valence-corrected chi connectivity index (χ0v) is 15.7. The van der Waals surface area contributed by atoms with Crippen LogP contribution in [0.4, 0.5) is 35.1 Å². The summed E-state index contributed by atoms with van der Waals surface area (Å²) in [7, 11) is -6.97. The maximum absolute atomic E-state index is 13.4. The molecule has 0 heterocycles. The van der Waals surface area contributed by atoms with E-state index in [1.165, 1.54) is 0 Å². The van der Waals surface area contributed by atoms with E-state index in [0.717, 1.165) is 13.8 Å². The van der Waals surface area contributed by atoms with Crippen molar-refractivity contribution in [2.24, 2.45) is 0 Å². The first-order valence-corrected chi connectivity index (χ1v) is 8.74. The number of carbonyl (C=O) groups excluding carboxylic acids is 2.